The number of nitrogens with one attached hydrogen (secondary N) is 3. The second-order valence-electron chi connectivity index (χ2n) is 8.18. The molecule has 3 N–H and O–H groups in total. The van der Waals surface area contributed by atoms with E-state index in [0.717, 1.165) is 48.5 Å². The zero-order valence-electron chi connectivity index (χ0n) is 18.0. The summed E-state index contributed by atoms with van der Waals surface area (Å²) in [5, 5.41) is 14.3. The molecule has 0 unspecified atom stereocenters. The fourth-order valence-corrected chi connectivity index (χ4v) is 3.97. The molecule has 5 rings (SSSR count). The average molecular weight is 427 g/mol. The summed E-state index contributed by atoms with van der Waals surface area (Å²) in [5.74, 6) is 0.480. The van der Waals surface area contributed by atoms with E-state index in [1.54, 1.807) is 0 Å². The standard InChI is InChI=1S/C25H26N6O/c1-17-5-7-18(8-6-17)22-3-2-4-23-29-25(30-31(22)23)28-20-11-9-19(10-12-20)24(32)27-21-13-15-26-16-14-21/h2-12,21,26H,13-16H2,1H3,(H,27,32)(H,28,30). The van der Waals surface area contributed by atoms with Crippen LogP contribution < -0.4 is 16.0 Å². The number of anilines is 2. The van der Waals surface area contributed by atoms with E-state index in [2.05, 4.69) is 57.2 Å². The SMILES string of the molecule is Cc1ccc(-c2cccc3nc(Nc4ccc(C(=O)NC5CCNCC5)cc4)nn23)cc1. The van der Waals surface area contributed by atoms with E-state index in [9.17, 15) is 4.79 Å². The molecule has 1 saturated heterocycles. The highest BCUT2D eigenvalue weighted by atomic mass is 16.1. The first-order valence-corrected chi connectivity index (χ1v) is 11.0. The fraction of sp³-hybridized carbons (Fsp3) is 0.240. The maximum Gasteiger partial charge on any atom is 0.251 e. The molecule has 0 aliphatic carbocycles. The van der Waals surface area contributed by atoms with Crippen LogP contribution in [-0.2, 0) is 0 Å². The van der Waals surface area contributed by atoms with Crippen LogP contribution >= 0.6 is 0 Å². The molecule has 2 aromatic heterocycles. The van der Waals surface area contributed by atoms with Crippen LogP contribution in [0.5, 0.6) is 0 Å². The van der Waals surface area contributed by atoms with Gasteiger partial charge in [-0.05, 0) is 69.3 Å². The van der Waals surface area contributed by atoms with Gasteiger partial charge in [-0.1, -0.05) is 35.9 Å². The van der Waals surface area contributed by atoms with Gasteiger partial charge < -0.3 is 16.0 Å². The average Bonchev–Trinajstić information content (AvgIpc) is 3.23. The largest absolute Gasteiger partial charge is 0.349 e. The van der Waals surface area contributed by atoms with Crippen LogP contribution in [0, 0.1) is 6.92 Å². The Kier molecular flexibility index (Phi) is 5.56. The predicted octanol–water partition coefficient (Wildman–Crippen LogP) is 3.93. The molecule has 0 radical (unpaired) electrons. The Morgan fingerprint density at radius 1 is 1.00 bits per heavy atom. The minimum absolute atomic E-state index is 0.0305. The number of pyridine rings is 1. The maximum absolute atomic E-state index is 12.5. The van der Waals surface area contributed by atoms with Gasteiger partial charge in [0.05, 0.1) is 5.69 Å². The van der Waals surface area contributed by atoms with E-state index < -0.39 is 0 Å². The van der Waals surface area contributed by atoms with Crippen molar-refractivity contribution in [3.05, 3.63) is 77.9 Å². The minimum Gasteiger partial charge on any atom is -0.349 e. The second-order valence-corrected chi connectivity index (χ2v) is 8.18. The maximum atomic E-state index is 12.5. The van der Waals surface area contributed by atoms with Gasteiger partial charge in [0.25, 0.3) is 5.91 Å². The normalized spacial score (nSPS) is 14.4. The number of hydrogen-bond donors (Lipinski definition) is 3. The molecular weight excluding hydrogens is 400 g/mol. The highest BCUT2D eigenvalue weighted by molar-refractivity contribution is 5.94. The van der Waals surface area contributed by atoms with Gasteiger partial charge >= 0.3 is 0 Å². The summed E-state index contributed by atoms with van der Waals surface area (Å²) >= 11 is 0. The molecule has 0 spiro atoms. The van der Waals surface area contributed by atoms with Crippen molar-refractivity contribution < 1.29 is 4.79 Å². The van der Waals surface area contributed by atoms with Crippen LogP contribution in [0.25, 0.3) is 16.9 Å². The third-order valence-corrected chi connectivity index (χ3v) is 5.78. The third-order valence-electron chi connectivity index (χ3n) is 5.78. The molecule has 0 atom stereocenters. The van der Waals surface area contributed by atoms with Gasteiger partial charge in [0.2, 0.25) is 5.95 Å². The van der Waals surface area contributed by atoms with E-state index >= 15 is 0 Å². The Labute approximate surface area is 186 Å². The number of carbonyl (C=O) groups is 1. The van der Waals surface area contributed by atoms with Gasteiger partial charge in [0, 0.05) is 22.9 Å². The molecule has 3 heterocycles. The van der Waals surface area contributed by atoms with Gasteiger partial charge in [-0.3, -0.25) is 4.79 Å². The van der Waals surface area contributed by atoms with Crippen molar-refractivity contribution in [1.82, 2.24) is 25.2 Å². The summed E-state index contributed by atoms with van der Waals surface area (Å²) in [5.41, 5.74) is 5.53. The number of aryl methyl sites for hydroxylation is 1. The second kappa shape index (κ2) is 8.80. The van der Waals surface area contributed by atoms with Crippen LogP contribution in [0.1, 0.15) is 28.8 Å². The number of aromatic nitrogens is 3. The molecule has 2 aromatic carbocycles. The van der Waals surface area contributed by atoms with Crippen LogP contribution in [0.3, 0.4) is 0 Å². The van der Waals surface area contributed by atoms with Crippen LogP contribution in [-0.4, -0.2) is 39.6 Å². The minimum atomic E-state index is -0.0305. The molecule has 1 aliphatic rings. The summed E-state index contributed by atoms with van der Waals surface area (Å²) in [4.78, 5) is 17.1. The molecule has 4 aromatic rings. The molecular formula is C25H26N6O. The monoisotopic (exact) mass is 426 g/mol. The first-order valence-electron chi connectivity index (χ1n) is 11.0. The summed E-state index contributed by atoms with van der Waals surface area (Å²) in [6.07, 6.45) is 1.94. The molecule has 32 heavy (non-hydrogen) atoms. The lowest BCUT2D eigenvalue weighted by molar-refractivity contribution is 0.0929. The summed E-state index contributed by atoms with van der Waals surface area (Å²) in [6.45, 7) is 3.97. The Hall–Kier alpha value is -3.71. The number of nitrogens with zero attached hydrogens (tertiary/aromatic N) is 3. The highest BCUT2D eigenvalue weighted by Crippen LogP contribution is 2.22. The summed E-state index contributed by atoms with van der Waals surface area (Å²) < 4.78 is 1.84. The van der Waals surface area contributed by atoms with Gasteiger partial charge in [-0.15, -0.1) is 5.10 Å². The van der Waals surface area contributed by atoms with E-state index in [-0.39, 0.29) is 11.9 Å². The Balaban J connectivity index is 1.31. The van der Waals surface area contributed by atoms with Crippen molar-refractivity contribution in [1.29, 1.82) is 0 Å². The van der Waals surface area contributed by atoms with Gasteiger partial charge in [-0.25, -0.2) is 4.52 Å². The number of fused-ring (bicyclic) bond motifs is 1. The number of rotatable bonds is 5. The van der Waals surface area contributed by atoms with Crippen molar-refractivity contribution in [3.63, 3.8) is 0 Å². The van der Waals surface area contributed by atoms with Crippen molar-refractivity contribution in [3.8, 4) is 11.3 Å². The van der Waals surface area contributed by atoms with Gasteiger partial charge in [0.15, 0.2) is 5.65 Å². The van der Waals surface area contributed by atoms with Gasteiger partial charge in [-0.2, -0.15) is 4.98 Å². The molecule has 162 valence electrons. The zero-order chi connectivity index (χ0) is 21.9. The van der Waals surface area contributed by atoms with Crippen molar-refractivity contribution in [2.75, 3.05) is 18.4 Å². The summed E-state index contributed by atoms with van der Waals surface area (Å²) in [6, 6.07) is 22.0. The van der Waals surface area contributed by atoms with E-state index in [0.29, 0.717) is 11.5 Å². The number of amides is 1. The van der Waals surface area contributed by atoms with Crippen LogP contribution in [0.2, 0.25) is 0 Å². The van der Waals surface area contributed by atoms with Crippen molar-refractivity contribution in [2.24, 2.45) is 0 Å². The molecule has 1 aliphatic heterocycles. The van der Waals surface area contributed by atoms with Crippen molar-refractivity contribution >= 4 is 23.2 Å². The molecule has 1 amide bonds. The number of hydrogen-bond acceptors (Lipinski definition) is 5. The molecule has 7 nitrogen and oxygen atoms in total. The van der Waals surface area contributed by atoms with Crippen molar-refractivity contribution in [2.45, 2.75) is 25.8 Å². The van der Waals surface area contributed by atoms with E-state index in [4.69, 9.17) is 0 Å². The van der Waals surface area contributed by atoms with Crippen LogP contribution in [0.4, 0.5) is 11.6 Å². The first-order chi connectivity index (χ1) is 15.7. The highest BCUT2D eigenvalue weighted by Gasteiger charge is 2.16. The lowest BCUT2D eigenvalue weighted by atomic mass is 10.1. The number of piperidine rings is 1. The number of benzene rings is 2. The topological polar surface area (TPSA) is 83.3 Å². The smallest absolute Gasteiger partial charge is 0.251 e. The van der Waals surface area contributed by atoms with E-state index in [1.807, 2.05) is 47.0 Å². The third kappa shape index (κ3) is 4.33. The summed E-state index contributed by atoms with van der Waals surface area (Å²) in [7, 11) is 0. The fourth-order valence-electron chi connectivity index (χ4n) is 3.97. The zero-order valence-corrected chi connectivity index (χ0v) is 18.0. The quantitative estimate of drug-likeness (QED) is 0.450. The Bertz CT molecular complexity index is 1220. The predicted molar refractivity (Wildman–Crippen MR) is 126 cm³/mol. The first kappa shape index (κ1) is 20.2. The Morgan fingerprint density at radius 3 is 2.50 bits per heavy atom. The molecule has 0 bridgehead atoms. The van der Waals surface area contributed by atoms with Crippen LogP contribution in [0.15, 0.2) is 66.7 Å². The number of carbonyl (C=O) groups excluding carboxylic acids is 1. The molecule has 0 saturated carbocycles. The Morgan fingerprint density at radius 2 is 1.75 bits per heavy atom. The van der Waals surface area contributed by atoms with E-state index in [1.165, 1.54) is 5.56 Å². The molecule has 1 fully saturated rings. The lowest BCUT2D eigenvalue weighted by Gasteiger charge is -2.23. The molecule has 7 heteroatoms. The lowest BCUT2D eigenvalue weighted by Crippen LogP contribution is -2.42. The van der Waals surface area contributed by atoms with Gasteiger partial charge in [0.1, 0.15) is 0 Å².